The summed E-state index contributed by atoms with van der Waals surface area (Å²) in [5.74, 6) is -0.761. The fraction of sp³-hybridized carbons (Fsp3) is 0.0556. The maximum absolute atomic E-state index is 13.2. The summed E-state index contributed by atoms with van der Waals surface area (Å²) in [6.07, 6.45) is 1.47. The van der Waals surface area contributed by atoms with Crippen molar-refractivity contribution in [3.05, 3.63) is 75.8 Å². The highest BCUT2D eigenvalue weighted by Crippen LogP contribution is 2.22. The van der Waals surface area contributed by atoms with Gasteiger partial charge in [0.05, 0.1) is 5.02 Å². The van der Waals surface area contributed by atoms with Crippen LogP contribution in [-0.4, -0.2) is 15.9 Å². The monoisotopic (exact) mass is 390 g/mol. The van der Waals surface area contributed by atoms with Crippen LogP contribution in [-0.2, 0) is 0 Å². The van der Waals surface area contributed by atoms with Crippen LogP contribution in [0.3, 0.4) is 0 Å². The summed E-state index contributed by atoms with van der Waals surface area (Å²) >= 11 is 11.7. The molecule has 0 aliphatic carbocycles. The number of carbonyl (C=O) groups excluding carboxylic acids is 1. The Bertz CT molecular complexity index is 981. The molecule has 0 atom stereocenters. The molecule has 0 radical (unpaired) electrons. The fourth-order valence-electron chi connectivity index (χ4n) is 2.20. The molecule has 3 aromatic rings. The zero-order valence-electron chi connectivity index (χ0n) is 13.6. The Morgan fingerprint density at radius 2 is 1.92 bits per heavy atom. The maximum atomic E-state index is 13.2. The van der Waals surface area contributed by atoms with Gasteiger partial charge in [-0.25, -0.2) is 14.4 Å². The Hall–Kier alpha value is -2.70. The van der Waals surface area contributed by atoms with E-state index in [0.717, 1.165) is 11.3 Å². The van der Waals surface area contributed by atoms with Crippen LogP contribution in [0.2, 0.25) is 10.0 Å². The first kappa shape index (κ1) is 18.1. The van der Waals surface area contributed by atoms with E-state index in [4.69, 9.17) is 23.2 Å². The number of hydrogen-bond donors (Lipinski definition) is 2. The summed E-state index contributed by atoms with van der Waals surface area (Å²) < 4.78 is 13.2. The summed E-state index contributed by atoms with van der Waals surface area (Å²) in [4.78, 5) is 20.6. The zero-order chi connectivity index (χ0) is 18.7. The lowest BCUT2D eigenvalue weighted by Gasteiger charge is -2.10. The van der Waals surface area contributed by atoms with E-state index in [0.29, 0.717) is 10.7 Å². The van der Waals surface area contributed by atoms with Crippen LogP contribution in [0.4, 0.5) is 21.7 Å². The Balaban J connectivity index is 1.77. The summed E-state index contributed by atoms with van der Waals surface area (Å²) in [6, 6.07) is 10.7. The molecule has 0 saturated heterocycles. The number of aromatic nitrogens is 2. The van der Waals surface area contributed by atoms with Crippen LogP contribution in [0.1, 0.15) is 16.1 Å². The first-order valence-electron chi connectivity index (χ1n) is 7.55. The number of aryl methyl sites for hydroxylation is 1. The number of hydrogen-bond acceptors (Lipinski definition) is 4. The molecular weight excluding hydrogens is 378 g/mol. The van der Waals surface area contributed by atoms with Gasteiger partial charge in [-0.15, -0.1) is 0 Å². The predicted molar refractivity (Wildman–Crippen MR) is 101 cm³/mol. The molecule has 2 N–H and O–H groups in total. The number of amides is 1. The molecule has 5 nitrogen and oxygen atoms in total. The van der Waals surface area contributed by atoms with Gasteiger partial charge in [0.2, 0.25) is 5.95 Å². The zero-order valence-corrected chi connectivity index (χ0v) is 15.1. The third-order valence-corrected chi connectivity index (χ3v) is 4.03. The number of benzene rings is 2. The van der Waals surface area contributed by atoms with Crippen LogP contribution < -0.4 is 10.6 Å². The van der Waals surface area contributed by atoms with E-state index in [-0.39, 0.29) is 16.7 Å². The molecule has 2 aromatic carbocycles. The molecule has 0 aliphatic heterocycles. The molecule has 0 fully saturated rings. The average molecular weight is 391 g/mol. The van der Waals surface area contributed by atoms with Crippen molar-refractivity contribution >= 4 is 46.4 Å². The van der Waals surface area contributed by atoms with Crippen molar-refractivity contribution < 1.29 is 9.18 Å². The standard InChI is InChI=1S/C18H13Cl2FN4O/c1-10-8-11(19)2-5-15(10)24-18-22-7-6-16(25-18)17(26)23-12-3-4-14(21)13(20)9-12/h2-9H,1H3,(H,23,26)(H,22,24,25). The van der Waals surface area contributed by atoms with Crippen molar-refractivity contribution in [3.63, 3.8) is 0 Å². The Kier molecular flexibility index (Phi) is 5.35. The lowest BCUT2D eigenvalue weighted by atomic mass is 10.2. The SMILES string of the molecule is Cc1cc(Cl)ccc1Nc1nccc(C(=O)Nc2ccc(F)c(Cl)c2)n1. The van der Waals surface area contributed by atoms with Crippen molar-refractivity contribution in [1.82, 2.24) is 9.97 Å². The van der Waals surface area contributed by atoms with E-state index in [9.17, 15) is 9.18 Å². The first-order chi connectivity index (χ1) is 12.4. The Morgan fingerprint density at radius 3 is 2.65 bits per heavy atom. The van der Waals surface area contributed by atoms with Gasteiger partial charge < -0.3 is 10.6 Å². The number of halogens is 3. The molecule has 0 unspecified atom stereocenters. The van der Waals surface area contributed by atoms with Gasteiger partial charge in [0.1, 0.15) is 11.5 Å². The van der Waals surface area contributed by atoms with Crippen molar-refractivity contribution in [2.75, 3.05) is 10.6 Å². The van der Waals surface area contributed by atoms with Crippen LogP contribution in [0.5, 0.6) is 0 Å². The average Bonchev–Trinajstić information content (AvgIpc) is 2.61. The number of anilines is 3. The molecule has 1 heterocycles. The molecule has 8 heteroatoms. The van der Waals surface area contributed by atoms with Crippen molar-refractivity contribution in [2.45, 2.75) is 6.92 Å². The molecular formula is C18H13Cl2FN4O. The maximum Gasteiger partial charge on any atom is 0.274 e. The van der Waals surface area contributed by atoms with Gasteiger partial charge in [0, 0.05) is 22.6 Å². The van der Waals surface area contributed by atoms with Gasteiger partial charge in [0.25, 0.3) is 5.91 Å². The van der Waals surface area contributed by atoms with Crippen LogP contribution in [0, 0.1) is 12.7 Å². The van der Waals surface area contributed by atoms with Crippen LogP contribution >= 0.6 is 23.2 Å². The van der Waals surface area contributed by atoms with E-state index in [1.807, 2.05) is 6.92 Å². The van der Waals surface area contributed by atoms with E-state index >= 15 is 0 Å². The highest BCUT2D eigenvalue weighted by atomic mass is 35.5. The number of nitrogens with zero attached hydrogens (tertiary/aromatic N) is 2. The molecule has 1 aromatic heterocycles. The number of nitrogens with one attached hydrogen (secondary N) is 2. The van der Waals surface area contributed by atoms with E-state index in [2.05, 4.69) is 20.6 Å². The van der Waals surface area contributed by atoms with Crippen molar-refractivity contribution in [2.24, 2.45) is 0 Å². The van der Waals surface area contributed by atoms with Gasteiger partial charge in [-0.3, -0.25) is 4.79 Å². The molecule has 0 spiro atoms. The summed E-state index contributed by atoms with van der Waals surface area (Å²) in [6.45, 7) is 1.89. The summed E-state index contributed by atoms with van der Waals surface area (Å²) in [5, 5.41) is 6.20. The van der Waals surface area contributed by atoms with Crippen molar-refractivity contribution in [3.8, 4) is 0 Å². The topological polar surface area (TPSA) is 66.9 Å². The quantitative estimate of drug-likeness (QED) is 0.640. The second kappa shape index (κ2) is 7.68. The molecule has 3 rings (SSSR count). The third-order valence-electron chi connectivity index (χ3n) is 3.50. The largest absolute Gasteiger partial charge is 0.324 e. The minimum Gasteiger partial charge on any atom is -0.324 e. The van der Waals surface area contributed by atoms with Gasteiger partial charge in [0.15, 0.2) is 0 Å². The molecule has 0 aliphatic rings. The Labute approximate surface area is 159 Å². The van der Waals surface area contributed by atoms with Gasteiger partial charge in [-0.05, 0) is 55.0 Å². The van der Waals surface area contributed by atoms with Crippen LogP contribution in [0.25, 0.3) is 0 Å². The predicted octanol–water partition coefficient (Wildman–Crippen LogP) is 5.23. The second-order valence-electron chi connectivity index (χ2n) is 5.43. The van der Waals surface area contributed by atoms with Gasteiger partial charge in [-0.2, -0.15) is 0 Å². The third kappa shape index (κ3) is 4.28. The first-order valence-corrected chi connectivity index (χ1v) is 8.30. The van der Waals surface area contributed by atoms with E-state index in [1.165, 1.54) is 30.5 Å². The van der Waals surface area contributed by atoms with Gasteiger partial charge >= 0.3 is 0 Å². The lowest BCUT2D eigenvalue weighted by Crippen LogP contribution is -2.15. The summed E-state index contributed by atoms with van der Waals surface area (Å²) in [5.41, 5.74) is 2.20. The molecule has 1 amide bonds. The number of carbonyl (C=O) groups is 1. The highest BCUT2D eigenvalue weighted by molar-refractivity contribution is 6.31. The molecule has 0 saturated carbocycles. The van der Waals surface area contributed by atoms with E-state index in [1.54, 1.807) is 18.2 Å². The highest BCUT2D eigenvalue weighted by Gasteiger charge is 2.11. The van der Waals surface area contributed by atoms with Crippen molar-refractivity contribution in [1.29, 1.82) is 0 Å². The van der Waals surface area contributed by atoms with Crippen LogP contribution in [0.15, 0.2) is 48.7 Å². The summed E-state index contributed by atoms with van der Waals surface area (Å²) in [7, 11) is 0. The molecule has 26 heavy (non-hydrogen) atoms. The molecule has 132 valence electrons. The minimum absolute atomic E-state index is 0.0777. The second-order valence-corrected chi connectivity index (χ2v) is 6.28. The Morgan fingerprint density at radius 1 is 1.12 bits per heavy atom. The van der Waals surface area contributed by atoms with Gasteiger partial charge in [-0.1, -0.05) is 23.2 Å². The normalized spacial score (nSPS) is 10.5. The van der Waals surface area contributed by atoms with E-state index < -0.39 is 11.7 Å². The fourth-order valence-corrected chi connectivity index (χ4v) is 2.61. The molecule has 0 bridgehead atoms. The lowest BCUT2D eigenvalue weighted by molar-refractivity contribution is 0.102. The minimum atomic E-state index is -0.559. The number of rotatable bonds is 4. The smallest absolute Gasteiger partial charge is 0.274 e.